The van der Waals surface area contributed by atoms with Crippen LogP contribution < -0.4 is 20.1 Å². The first-order chi connectivity index (χ1) is 10.7. The molecule has 0 radical (unpaired) electrons. The second-order valence-corrected chi connectivity index (χ2v) is 4.90. The van der Waals surface area contributed by atoms with Crippen LogP contribution >= 0.6 is 12.2 Å². The molecule has 0 saturated carbocycles. The fraction of sp³-hybridized carbons (Fsp3) is 0.235. The molecule has 0 fully saturated rings. The van der Waals surface area contributed by atoms with E-state index in [1.54, 1.807) is 0 Å². The third-order valence-electron chi connectivity index (χ3n) is 2.85. The molecule has 2 aromatic rings. The van der Waals surface area contributed by atoms with Gasteiger partial charge in [-0.05, 0) is 74.6 Å². The van der Waals surface area contributed by atoms with Crippen molar-refractivity contribution in [3.63, 3.8) is 0 Å². The molecule has 0 spiro atoms. The Kier molecular flexibility index (Phi) is 9.42. The molecule has 122 valence electrons. The average molecular weight is 467 g/mol. The summed E-state index contributed by atoms with van der Waals surface area (Å²) >= 11 is 5.30. The largest absolute Gasteiger partial charge is 0.494 e. The fourth-order valence-corrected chi connectivity index (χ4v) is 2.13. The minimum atomic E-state index is 0. The maximum atomic E-state index is 5.40. The number of hydrogen-bond acceptors (Lipinski definition) is 3. The van der Waals surface area contributed by atoms with Gasteiger partial charge in [0.1, 0.15) is 11.5 Å². The molecule has 23 heavy (non-hydrogen) atoms. The van der Waals surface area contributed by atoms with E-state index < -0.39 is 0 Å². The second-order valence-electron chi connectivity index (χ2n) is 4.49. The Hall–Kier alpha value is -0.932. The Morgan fingerprint density at radius 3 is 1.43 bits per heavy atom. The molecule has 0 bridgehead atoms. The minimum Gasteiger partial charge on any atom is -0.494 e. The van der Waals surface area contributed by atoms with Crippen LogP contribution in [0.15, 0.2) is 48.5 Å². The minimum absolute atomic E-state index is 0. The SMILES string of the molecule is CCOc1ccc(NC(=S)Nc2ccc(OCC)cc2)cc1.[Sm]. The third-order valence-corrected chi connectivity index (χ3v) is 3.05. The van der Waals surface area contributed by atoms with Crippen LogP contribution in [0.3, 0.4) is 0 Å². The van der Waals surface area contributed by atoms with E-state index in [9.17, 15) is 0 Å². The van der Waals surface area contributed by atoms with Crippen molar-refractivity contribution in [2.45, 2.75) is 13.8 Å². The Labute approximate surface area is 175 Å². The first kappa shape index (κ1) is 20.1. The summed E-state index contributed by atoms with van der Waals surface area (Å²) in [7, 11) is 0. The van der Waals surface area contributed by atoms with Gasteiger partial charge < -0.3 is 20.1 Å². The Morgan fingerprint density at radius 1 is 0.783 bits per heavy atom. The van der Waals surface area contributed by atoms with E-state index in [1.807, 2.05) is 62.4 Å². The number of nitrogens with one attached hydrogen (secondary N) is 2. The number of thiocarbonyl (C=S) groups is 1. The summed E-state index contributed by atoms with van der Waals surface area (Å²) in [5.41, 5.74) is 1.82. The Morgan fingerprint density at radius 2 is 1.13 bits per heavy atom. The van der Waals surface area contributed by atoms with Crippen molar-refractivity contribution in [2.24, 2.45) is 0 Å². The van der Waals surface area contributed by atoms with Crippen LogP contribution in [0, 0.1) is 40.4 Å². The van der Waals surface area contributed by atoms with Crippen molar-refractivity contribution >= 4 is 28.7 Å². The van der Waals surface area contributed by atoms with Crippen LogP contribution in [0.25, 0.3) is 0 Å². The van der Waals surface area contributed by atoms with Crippen LogP contribution in [0.4, 0.5) is 11.4 Å². The zero-order valence-corrected chi connectivity index (χ0v) is 16.6. The molecule has 0 atom stereocenters. The summed E-state index contributed by atoms with van der Waals surface area (Å²) in [4.78, 5) is 0. The predicted molar refractivity (Wildman–Crippen MR) is 95.1 cm³/mol. The number of hydrogen-bond donors (Lipinski definition) is 2. The summed E-state index contributed by atoms with van der Waals surface area (Å²) in [5, 5.41) is 6.80. The van der Waals surface area contributed by atoms with Crippen LogP contribution in [0.1, 0.15) is 13.8 Å². The maximum Gasteiger partial charge on any atom is 0.175 e. The van der Waals surface area contributed by atoms with Crippen molar-refractivity contribution in [2.75, 3.05) is 23.8 Å². The first-order valence-corrected chi connectivity index (χ1v) is 7.65. The topological polar surface area (TPSA) is 42.5 Å². The van der Waals surface area contributed by atoms with Crippen LogP contribution in [0.5, 0.6) is 11.5 Å². The van der Waals surface area contributed by atoms with Crippen molar-refractivity contribution < 1.29 is 49.9 Å². The Balaban J connectivity index is 0.00000264. The van der Waals surface area contributed by atoms with Gasteiger partial charge >= 0.3 is 0 Å². The van der Waals surface area contributed by atoms with Crippen molar-refractivity contribution in [3.8, 4) is 11.5 Å². The van der Waals surface area contributed by atoms with Gasteiger partial charge in [-0.3, -0.25) is 0 Å². The molecule has 6 heteroatoms. The van der Waals surface area contributed by atoms with Gasteiger partial charge in [-0.2, -0.15) is 0 Å². The smallest absolute Gasteiger partial charge is 0.175 e. The zero-order chi connectivity index (χ0) is 15.8. The van der Waals surface area contributed by atoms with E-state index in [0.717, 1.165) is 22.9 Å². The van der Waals surface area contributed by atoms with E-state index in [-0.39, 0.29) is 40.4 Å². The molecule has 0 aliphatic rings. The van der Waals surface area contributed by atoms with E-state index in [4.69, 9.17) is 21.7 Å². The van der Waals surface area contributed by atoms with Gasteiger partial charge in [-0.25, -0.2) is 0 Å². The Bertz CT molecular complexity index is 549. The standard InChI is InChI=1S/C17H20N2O2S.Sm/c1-3-20-15-9-5-13(6-10-15)18-17(22)19-14-7-11-16(12-8-14)21-4-2;/h5-12H,3-4H2,1-2H3,(H2,18,19,22);. The quantitative estimate of drug-likeness (QED) is 0.622. The van der Waals surface area contributed by atoms with Gasteiger partial charge in [0.2, 0.25) is 0 Å². The summed E-state index contributed by atoms with van der Waals surface area (Å²) in [6.45, 7) is 5.24. The zero-order valence-electron chi connectivity index (χ0n) is 13.2. The first-order valence-electron chi connectivity index (χ1n) is 7.25. The molecule has 0 aromatic heterocycles. The van der Waals surface area contributed by atoms with E-state index in [0.29, 0.717) is 18.3 Å². The van der Waals surface area contributed by atoms with Crippen LogP contribution in [0.2, 0.25) is 0 Å². The summed E-state index contributed by atoms with van der Waals surface area (Å²) in [5.74, 6) is 1.69. The molecule has 0 saturated heterocycles. The number of benzene rings is 2. The summed E-state index contributed by atoms with van der Waals surface area (Å²) in [6.07, 6.45) is 0. The van der Waals surface area contributed by atoms with E-state index >= 15 is 0 Å². The molecular formula is C17H20N2O2SSm. The predicted octanol–water partition coefficient (Wildman–Crippen LogP) is 4.29. The number of ether oxygens (including phenoxy) is 2. The van der Waals surface area contributed by atoms with Gasteiger partial charge in [0.25, 0.3) is 0 Å². The van der Waals surface area contributed by atoms with Crippen LogP contribution in [-0.4, -0.2) is 18.3 Å². The fourth-order valence-electron chi connectivity index (χ4n) is 1.90. The van der Waals surface area contributed by atoms with Crippen molar-refractivity contribution in [1.82, 2.24) is 0 Å². The van der Waals surface area contributed by atoms with Gasteiger partial charge in [-0.1, -0.05) is 0 Å². The number of anilines is 2. The summed E-state index contributed by atoms with van der Waals surface area (Å²) < 4.78 is 10.8. The normalized spacial score (nSPS) is 9.48. The molecule has 2 aromatic carbocycles. The number of rotatable bonds is 6. The van der Waals surface area contributed by atoms with E-state index in [1.165, 1.54) is 0 Å². The molecule has 0 aliphatic carbocycles. The molecule has 2 rings (SSSR count). The van der Waals surface area contributed by atoms with Gasteiger partial charge in [0, 0.05) is 51.8 Å². The van der Waals surface area contributed by atoms with Gasteiger partial charge in [0.15, 0.2) is 5.11 Å². The molecular weight excluding hydrogens is 447 g/mol. The van der Waals surface area contributed by atoms with Crippen molar-refractivity contribution in [3.05, 3.63) is 48.5 Å². The van der Waals surface area contributed by atoms with Gasteiger partial charge in [-0.15, -0.1) is 0 Å². The maximum absolute atomic E-state index is 5.40. The summed E-state index contributed by atoms with van der Waals surface area (Å²) in [6, 6.07) is 15.3. The van der Waals surface area contributed by atoms with E-state index in [2.05, 4.69) is 10.6 Å². The molecule has 0 amide bonds. The third kappa shape index (κ3) is 7.00. The molecule has 2 N–H and O–H groups in total. The second kappa shape index (κ2) is 10.8. The monoisotopic (exact) mass is 468 g/mol. The average Bonchev–Trinajstić information content (AvgIpc) is 2.52. The molecule has 0 aliphatic heterocycles. The molecule has 0 unspecified atom stereocenters. The van der Waals surface area contributed by atoms with Crippen molar-refractivity contribution in [1.29, 1.82) is 0 Å². The molecule has 4 nitrogen and oxygen atoms in total. The van der Waals surface area contributed by atoms with Gasteiger partial charge in [0.05, 0.1) is 13.2 Å². The van der Waals surface area contributed by atoms with Crippen LogP contribution in [-0.2, 0) is 0 Å². The molecule has 0 heterocycles.